The van der Waals surface area contributed by atoms with Crippen LogP contribution in [0.3, 0.4) is 0 Å². The highest BCUT2D eigenvalue weighted by Gasteiger charge is 2.01. The van der Waals surface area contributed by atoms with Crippen LogP contribution in [0.25, 0.3) is 5.69 Å². The highest BCUT2D eigenvalue weighted by atomic mass is 32.2. The highest BCUT2D eigenvalue weighted by molar-refractivity contribution is 7.99. The summed E-state index contributed by atoms with van der Waals surface area (Å²) in [5, 5.41) is 15.4. The minimum absolute atomic E-state index is 0.572. The summed E-state index contributed by atoms with van der Waals surface area (Å²) in [6.07, 6.45) is 1.66. The topological polar surface area (TPSA) is 57.4 Å². The standard InChI is InChI=1S/C15H10N4S2/c16-9-11-1-5-13(6-2-11)21-14-7-3-12(4-8-14)19-10-17-18-15(19)20/h1-8,10H,(H,18,20). The van der Waals surface area contributed by atoms with Crippen molar-refractivity contribution >= 4 is 24.0 Å². The van der Waals surface area contributed by atoms with Crippen molar-refractivity contribution in [3.63, 3.8) is 0 Å². The molecule has 0 atom stereocenters. The molecule has 2 aromatic carbocycles. The molecule has 0 fully saturated rings. The van der Waals surface area contributed by atoms with Gasteiger partial charge in [-0.1, -0.05) is 11.8 Å². The number of aromatic nitrogens is 3. The van der Waals surface area contributed by atoms with Crippen molar-refractivity contribution in [1.29, 1.82) is 5.26 Å². The summed E-state index contributed by atoms with van der Waals surface area (Å²) >= 11 is 6.79. The quantitative estimate of drug-likeness (QED) is 0.744. The minimum atomic E-state index is 0.572. The maximum Gasteiger partial charge on any atom is 0.199 e. The van der Waals surface area contributed by atoms with Gasteiger partial charge in [-0.05, 0) is 60.7 Å². The average molecular weight is 310 g/mol. The van der Waals surface area contributed by atoms with Crippen LogP contribution in [-0.2, 0) is 0 Å². The predicted octanol–water partition coefficient (Wildman–Crippen LogP) is 3.95. The maximum absolute atomic E-state index is 8.79. The number of rotatable bonds is 3. The van der Waals surface area contributed by atoms with Crippen LogP contribution >= 0.6 is 24.0 Å². The molecule has 6 heteroatoms. The molecule has 0 saturated carbocycles. The molecule has 0 spiro atoms. The van der Waals surface area contributed by atoms with E-state index >= 15 is 0 Å². The Morgan fingerprint density at radius 1 is 1.05 bits per heavy atom. The first-order valence-corrected chi connectivity index (χ1v) is 7.39. The van der Waals surface area contributed by atoms with Crippen LogP contribution in [-0.4, -0.2) is 14.8 Å². The Bertz CT molecular complexity index is 839. The van der Waals surface area contributed by atoms with Gasteiger partial charge in [0.05, 0.1) is 11.6 Å². The number of nitrogens with zero attached hydrogens (tertiary/aromatic N) is 3. The molecule has 0 saturated heterocycles. The molecule has 4 nitrogen and oxygen atoms in total. The van der Waals surface area contributed by atoms with Gasteiger partial charge in [-0.15, -0.1) is 0 Å². The van der Waals surface area contributed by atoms with Gasteiger partial charge in [0.15, 0.2) is 4.77 Å². The molecule has 3 rings (SSSR count). The van der Waals surface area contributed by atoms with Crippen molar-refractivity contribution in [2.45, 2.75) is 9.79 Å². The van der Waals surface area contributed by atoms with Crippen LogP contribution in [0, 0.1) is 16.1 Å². The fraction of sp³-hybridized carbons (Fsp3) is 0. The van der Waals surface area contributed by atoms with Crippen LogP contribution in [0.15, 0.2) is 64.6 Å². The first kappa shape index (κ1) is 13.6. The fourth-order valence-electron chi connectivity index (χ4n) is 1.84. The molecule has 0 radical (unpaired) electrons. The molecule has 1 heterocycles. The third-order valence-corrected chi connectivity index (χ3v) is 4.19. The predicted molar refractivity (Wildman–Crippen MR) is 84.0 cm³/mol. The summed E-state index contributed by atoms with van der Waals surface area (Å²) in [7, 11) is 0. The van der Waals surface area contributed by atoms with Crippen molar-refractivity contribution in [2.75, 3.05) is 0 Å². The van der Waals surface area contributed by atoms with Gasteiger partial charge in [0.25, 0.3) is 0 Å². The molecule has 0 aliphatic heterocycles. The van der Waals surface area contributed by atoms with Crippen LogP contribution in [0.1, 0.15) is 5.56 Å². The second-order valence-electron chi connectivity index (χ2n) is 4.26. The number of H-pyrrole nitrogens is 1. The lowest BCUT2D eigenvalue weighted by atomic mass is 10.2. The number of hydrogen-bond acceptors (Lipinski definition) is 4. The fourth-order valence-corrected chi connectivity index (χ4v) is 2.86. The summed E-state index contributed by atoms with van der Waals surface area (Å²) < 4.78 is 2.38. The number of hydrogen-bond donors (Lipinski definition) is 1. The Labute approximate surface area is 131 Å². The molecule has 3 aromatic rings. The summed E-state index contributed by atoms with van der Waals surface area (Å²) in [5.74, 6) is 0. The number of aromatic amines is 1. The van der Waals surface area contributed by atoms with Gasteiger partial charge in [0, 0.05) is 15.5 Å². The van der Waals surface area contributed by atoms with Crippen molar-refractivity contribution in [3.8, 4) is 11.8 Å². The van der Waals surface area contributed by atoms with Gasteiger partial charge in [0.1, 0.15) is 6.33 Å². The van der Waals surface area contributed by atoms with Crippen molar-refractivity contribution < 1.29 is 0 Å². The maximum atomic E-state index is 8.79. The highest BCUT2D eigenvalue weighted by Crippen LogP contribution is 2.28. The van der Waals surface area contributed by atoms with Crippen molar-refractivity contribution in [2.24, 2.45) is 0 Å². The van der Waals surface area contributed by atoms with E-state index in [2.05, 4.69) is 16.3 Å². The average Bonchev–Trinajstić information content (AvgIpc) is 2.95. The zero-order valence-corrected chi connectivity index (χ0v) is 12.5. The molecule has 1 aromatic heterocycles. The van der Waals surface area contributed by atoms with Gasteiger partial charge < -0.3 is 0 Å². The first-order valence-electron chi connectivity index (χ1n) is 6.17. The Morgan fingerprint density at radius 2 is 1.67 bits per heavy atom. The van der Waals surface area contributed by atoms with Gasteiger partial charge in [-0.2, -0.15) is 10.4 Å². The molecule has 0 aliphatic carbocycles. The Hall–Kier alpha value is -2.36. The Balaban J connectivity index is 1.80. The van der Waals surface area contributed by atoms with E-state index in [1.54, 1.807) is 18.1 Å². The number of benzene rings is 2. The van der Waals surface area contributed by atoms with Gasteiger partial charge >= 0.3 is 0 Å². The Morgan fingerprint density at radius 3 is 2.19 bits per heavy atom. The molecule has 0 amide bonds. The summed E-state index contributed by atoms with van der Waals surface area (Å²) in [4.78, 5) is 2.22. The SMILES string of the molecule is N#Cc1ccc(Sc2ccc(-n3cn[nH]c3=S)cc2)cc1. The van der Waals surface area contributed by atoms with Gasteiger partial charge in [-0.3, -0.25) is 9.67 Å². The third-order valence-electron chi connectivity index (χ3n) is 2.89. The minimum Gasteiger partial charge on any atom is -0.275 e. The van der Waals surface area contributed by atoms with Crippen molar-refractivity contribution in [3.05, 3.63) is 65.2 Å². The number of nitriles is 1. The van der Waals surface area contributed by atoms with E-state index in [1.165, 1.54) is 0 Å². The zero-order valence-electron chi connectivity index (χ0n) is 10.9. The van der Waals surface area contributed by atoms with Crippen LogP contribution in [0.2, 0.25) is 0 Å². The lowest BCUT2D eigenvalue weighted by Gasteiger charge is -2.04. The summed E-state index contributed by atoms with van der Waals surface area (Å²) in [5.41, 5.74) is 1.64. The zero-order chi connectivity index (χ0) is 14.7. The largest absolute Gasteiger partial charge is 0.275 e. The second kappa shape index (κ2) is 5.95. The first-order chi connectivity index (χ1) is 10.3. The smallest absolute Gasteiger partial charge is 0.199 e. The summed E-state index contributed by atoms with van der Waals surface area (Å²) in [6, 6.07) is 17.7. The molecule has 21 heavy (non-hydrogen) atoms. The second-order valence-corrected chi connectivity index (χ2v) is 5.80. The van der Waals surface area contributed by atoms with Crippen molar-refractivity contribution in [1.82, 2.24) is 14.8 Å². The van der Waals surface area contributed by atoms with E-state index in [4.69, 9.17) is 17.5 Å². The van der Waals surface area contributed by atoms with Crippen LogP contribution in [0.5, 0.6) is 0 Å². The van der Waals surface area contributed by atoms with Crippen LogP contribution in [0.4, 0.5) is 0 Å². The lowest BCUT2D eigenvalue weighted by Crippen LogP contribution is -1.91. The van der Waals surface area contributed by atoms with E-state index in [1.807, 2.05) is 53.1 Å². The number of nitrogens with one attached hydrogen (secondary N) is 1. The molecule has 0 bridgehead atoms. The van der Waals surface area contributed by atoms with E-state index in [9.17, 15) is 0 Å². The molecule has 1 N–H and O–H groups in total. The third kappa shape index (κ3) is 3.05. The van der Waals surface area contributed by atoms with Gasteiger partial charge in [0.2, 0.25) is 0 Å². The summed E-state index contributed by atoms with van der Waals surface area (Å²) in [6.45, 7) is 0. The van der Waals surface area contributed by atoms with Gasteiger partial charge in [-0.25, -0.2) is 0 Å². The monoisotopic (exact) mass is 310 g/mol. The molecular formula is C15H10N4S2. The Kier molecular flexibility index (Phi) is 3.86. The van der Waals surface area contributed by atoms with Crippen LogP contribution < -0.4 is 0 Å². The van der Waals surface area contributed by atoms with E-state index in [0.717, 1.165) is 15.5 Å². The molecule has 0 aliphatic rings. The van der Waals surface area contributed by atoms with E-state index in [0.29, 0.717) is 10.3 Å². The normalized spacial score (nSPS) is 10.2. The lowest BCUT2D eigenvalue weighted by molar-refractivity contribution is 1.03. The molecule has 102 valence electrons. The van der Waals surface area contributed by atoms with E-state index < -0.39 is 0 Å². The van der Waals surface area contributed by atoms with E-state index in [-0.39, 0.29) is 0 Å². The molecule has 0 unspecified atom stereocenters. The molecular weight excluding hydrogens is 300 g/mol.